The topological polar surface area (TPSA) is 86.5 Å². The Morgan fingerprint density at radius 3 is 2.41 bits per heavy atom. The molecule has 2 aromatic carbocycles. The molecule has 0 aliphatic rings. The van der Waals surface area contributed by atoms with Gasteiger partial charge in [0.15, 0.2) is 12.4 Å². The van der Waals surface area contributed by atoms with Crippen LogP contribution in [0.2, 0.25) is 0 Å². The summed E-state index contributed by atoms with van der Waals surface area (Å²) in [6.45, 7) is -0.535. The van der Waals surface area contributed by atoms with Crippen LogP contribution >= 0.6 is 0 Å². The van der Waals surface area contributed by atoms with Gasteiger partial charge in [0.2, 0.25) is 0 Å². The molecule has 0 fully saturated rings. The Balaban J connectivity index is 2.00. The second-order valence-corrected chi connectivity index (χ2v) is 4.31. The number of non-ortho nitro benzene ring substituents is 1. The fraction of sp³-hybridized carbons (Fsp3) is 0.0667. The molecule has 6 nitrogen and oxygen atoms in total. The van der Waals surface area contributed by atoms with Gasteiger partial charge in [-0.05, 0) is 30.3 Å². The van der Waals surface area contributed by atoms with Crippen LogP contribution in [0.3, 0.4) is 0 Å². The Bertz CT molecular complexity index is 727. The lowest BCUT2D eigenvalue weighted by Crippen LogP contribution is -2.14. The Hall–Kier alpha value is -3.09. The predicted molar refractivity (Wildman–Crippen MR) is 74.1 cm³/mol. The van der Waals surface area contributed by atoms with E-state index in [1.807, 2.05) is 0 Å². The molecule has 0 saturated carbocycles. The second-order valence-electron chi connectivity index (χ2n) is 4.31. The molecule has 0 aliphatic heterocycles. The molecule has 0 unspecified atom stereocenters. The van der Waals surface area contributed by atoms with Crippen molar-refractivity contribution in [1.29, 1.82) is 0 Å². The average molecular weight is 303 g/mol. The fourth-order valence-electron chi connectivity index (χ4n) is 1.68. The van der Waals surface area contributed by atoms with Crippen LogP contribution < -0.4 is 0 Å². The van der Waals surface area contributed by atoms with E-state index in [-0.39, 0.29) is 16.8 Å². The first kappa shape index (κ1) is 15.3. The fourth-order valence-corrected chi connectivity index (χ4v) is 1.68. The van der Waals surface area contributed by atoms with E-state index in [1.54, 1.807) is 0 Å². The van der Waals surface area contributed by atoms with Gasteiger partial charge in [-0.2, -0.15) is 0 Å². The number of nitro benzene ring substituents is 1. The number of ketones is 1. The van der Waals surface area contributed by atoms with Gasteiger partial charge in [0.05, 0.1) is 10.5 Å². The zero-order chi connectivity index (χ0) is 16.1. The van der Waals surface area contributed by atoms with E-state index >= 15 is 0 Å². The van der Waals surface area contributed by atoms with Crippen LogP contribution in [0.25, 0.3) is 0 Å². The molecule has 0 atom stereocenters. The molecule has 2 aromatic rings. The molecule has 0 bridgehead atoms. The van der Waals surface area contributed by atoms with Crippen molar-refractivity contribution in [1.82, 2.24) is 0 Å². The zero-order valence-corrected chi connectivity index (χ0v) is 11.2. The van der Waals surface area contributed by atoms with E-state index in [9.17, 15) is 24.1 Å². The third-order valence-corrected chi connectivity index (χ3v) is 2.79. The lowest BCUT2D eigenvalue weighted by molar-refractivity contribution is -0.384. The highest BCUT2D eigenvalue weighted by atomic mass is 19.1. The Labute approximate surface area is 124 Å². The number of hydrogen-bond donors (Lipinski definition) is 0. The number of hydrogen-bond acceptors (Lipinski definition) is 5. The molecule has 0 radical (unpaired) electrons. The summed E-state index contributed by atoms with van der Waals surface area (Å²) >= 11 is 0. The summed E-state index contributed by atoms with van der Waals surface area (Å²) in [6.07, 6.45) is 0. The number of halogens is 1. The maximum atomic E-state index is 12.7. The van der Waals surface area contributed by atoms with Gasteiger partial charge in [-0.1, -0.05) is 6.07 Å². The van der Waals surface area contributed by atoms with Gasteiger partial charge in [0, 0.05) is 17.7 Å². The molecule has 112 valence electrons. The van der Waals surface area contributed by atoms with Gasteiger partial charge >= 0.3 is 5.97 Å². The predicted octanol–water partition coefficient (Wildman–Crippen LogP) is 2.77. The molecule has 0 aromatic heterocycles. The molecular weight excluding hydrogens is 293 g/mol. The molecule has 0 amide bonds. The van der Waals surface area contributed by atoms with E-state index in [1.165, 1.54) is 30.3 Å². The largest absolute Gasteiger partial charge is 0.454 e. The normalized spacial score (nSPS) is 10.0. The molecule has 0 aliphatic carbocycles. The molecular formula is C15H10FNO5. The minimum Gasteiger partial charge on any atom is -0.454 e. The van der Waals surface area contributed by atoms with Gasteiger partial charge in [-0.15, -0.1) is 0 Å². The quantitative estimate of drug-likeness (QED) is 0.367. The smallest absolute Gasteiger partial charge is 0.338 e. The molecule has 22 heavy (non-hydrogen) atoms. The van der Waals surface area contributed by atoms with Gasteiger partial charge in [-0.3, -0.25) is 14.9 Å². The standard InChI is InChI=1S/C15H10FNO5/c16-12-6-4-10(5-7-12)14(18)9-22-15(19)11-2-1-3-13(8-11)17(20)21/h1-8H,9H2. The molecule has 0 heterocycles. The van der Waals surface area contributed by atoms with Crippen molar-refractivity contribution >= 4 is 17.4 Å². The summed E-state index contributed by atoms with van der Waals surface area (Å²) in [6, 6.07) is 9.78. The first-order valence-electron chi connectivity index (χ1n) is 6.18. The summed E-state index contributed by atoms with van der Waals surface area (Å²) in [5.74, 6) is -1.83. The lowest BCUT2D eigenvalue weighted by atomic mass is 10.1. The number of nitrogens with zero attached hydrogens (tertiary/aromatic N) is 1. The number of benzene rings is 2. The number of nitro groups is 1. The minimum absolute atomic E-state index is 0.0268. The number of carbonyl (C=O) groups is 2. The van der Waals surface area contributed by atoms with Gasteiger partial charge in [0.25, 0.3) is 5.69 Å². The number of rotatable bonds is 5. The Morgan fingerprint density at radius 2 is 1.77 bits per heavy atom. The first-order valence-corrected chi connectivity index (χ1v) is 6.18. The summed E-state index contributed by atoms with van der Waals surface area (Å²) in [5, 5.41) is 10.6. The number of Topliss-reactive ketones (excluding diaryl/α,β-unsaturated/α-hetero) is 1. The van der Waals surface area contributed by atoms with E-state index in [0.29, 0.717) is 0 Å². The van der Waals surface area contributed by atoms with Crippen LogP contribution in [0.1, 0.15) is 20.7 Å². The van der Waals surface area contributed by atoms with Crippen molar-refractivity contribution in [3.8, 4) is 0 Å². The van der Waals surface area contributed by atoms with Crippen molar-refractivity contribution in [3.63, 3.8) is 0 Å². The molecule has 0 spiro atoms. The number of ether oxygens (including phenoxy) is 1. The van der Waals surface area contributed by atoms with Gasteiger partial charge < -0.3 is 4.74 Å². The van der Waals surface area contributed by atoms with Crippen molar-refractivity contribution in [3.05, 3.63) is 75.6 Å². The third-order valence-electron chi connectivity index (χ3n) is 2.79. The first-order chi connectivity index (χ1) is 10.5. The maximum absolute atomic E-state index is 12.7. The minimum atomic E-state index is -0.848. The average Bonchev–Trinajstić information content (AvgIpc) is 2.53. The van der Waals surface area contributed by atoms with E-state index < -0.39 is 29.1 Å². The summed E-state index contributed by atoms with van der Waals surface area (Å²) < 4.78 is 17.5. The molecule has 2 rings (SSSR count). The monoisotopic (exact) mass is 303 g/mol. The highest BCUT2D eigenvalue weighted by Crippen LogP contribution is 2.14. The van der Waals surface area contributed by atoms with Crippen LogP contribution in [-0.4, -0.2) is 23.3 Å². The second kappa shape index (κ2) is 6.57. The number of esters is 1. The van der Waals surface area contributed by atoms with Crippen LogP contribution in [0.4, 0.5) is 10.1 Å². The Morgan fingerprint density at radius 1 is 1.09 bits per heavy atom. The van der Waals surface area contributed by atoms with Gasteiger partial charge in [-0.25, -0.2) is 9.18 Å². The van der Waals surface area contributed by atoms with Crippen molar-refractivity contribution in [2.45, 2.75) is 0 Å². The third kappa shape index (κ3) is 3.72. The van der Waals surface area contributed by atoms with Crippen molar-refractivity contribution in [2.75, 3.05) is 6.61 Å². The highest BCUT2D eigenvalue weighted by molar-refractivity contribution is 5.99. The summed E-state index contributed by atoms with van der Waals surface area (Å²) in [7, 11) is 0. The lowest BCUT2D eigenvalue weighted by Gasteiger charge is -2.04. The van der Waals surface area contributed by atoms with E-state index in [4.69, 9.17) is 4.74 Å². The summed E-state index contributed by atoms with van der Waals surface area (Å²) in [4.78, 5) is 33.5. The molecule has 7 heteroatoms. The van der Waals surface area contributed by atoms with E-state index in [0.717, 1.165) is 18.2 Å². The van der Waals surface area contributed by atoms with Crippen LogP contribution in [0.5, 0.6) is 0 Å². The van der Waals surface area contributed by atoms with Crippen LogP contribution in [0.15, 0.2) is 48.5 Å². The molecule has 0 N–H and O–H groups in total. The SMILES string of the molecule is O=C(COC(=O)c1cccc([N+](=O)[O-])c1)c1ccc(F)cc1. The van der Waals surface area contributed by atoms with Crippen LogP contribution in [0, 0.1) is 15.9 Å². The van der Waals surface area contributed by atoms with Crippen molar-refractivity contribution < 1.29 is 23.6 Å². The highest BCUT2D eigenvalue weighted by Gasteiger charge is 2.15. The molecule has 0 saturated heterocycles. The van der Waals surface area contributed by atoms with E-state index in [2.05, 4.69) is 0 Å². The zero-order valence-electron chi connectivity index (χ0n) is 11.2. The number of carbonyl (C=O) groups excluding carboxylic acids is 2. The maximum Gasteiger partial charge on any atom is 0.338 e. The van der Waals surface area contributed by atoms with Gasteiger partial charge in [0.1, 0.15) is 5.82 Å². The Kier molecular flexibility index (Phi) is 4.57. The summed E-state index contributed by atoms with van der Waals surface area (Å²) in [5.41, 5.74) is -0.0753. The van der Waals surface area contributed by atoms with Crippen LogP contribution in [-0.2, 0) is 4.74 Å². The van der Waals surface area contributed by atoms with Crippen molar-refractivity contribution in [2.24, 2.45) is 0 Å².